The number of aliphatic carboxylic acids is 2. The monoisotopic (exact) mass is 359 g/mol. The minimum Gasteiger partial charge on any atom is -0.481 e. The molecule has 0 saturated heterocycles. The fourth-order valence-electron chi connectivity index (χ4n) is 2.52. The van der Waals surface area contributed by atoms with Gasteiger partial charge in [0.25, 0.3) is 0 Å². The SMILES string of the molecule is CC(C)(C)OC(=O)N[C@H](C(=O)O)C(C(=O)O)C(=O)OC1CCCCC1. The first kappa shape index (κ1) is 20.7. The summed E-state index contributed by atoms with van der Waals surface area (Å²) in [5.41, 5.74) is -0.908. The Morgan fingerprint density at radius 2 is 1.56 bits per heavy atom. The van der Waals surface area contributed by atoms with Gasteiger partial charge in [0, 0.05) is 0 Å². The van der Waals surface area contributed by atoms with Gasteiger partial charge >= 0.3 is 24.0 Å². The summed E-state index contributed by atoms with van der Waals surface area (Å²) in [5.74, 6) is -6.60. The van der Waals surface area contributed by atoms with Gasteiger partial charge in [0.15, 0.2) is 12.0 Å². The summed E-state index contributed by atoms with van der Waals surface area (Å²) in [6, 6.07) is -2.00. The maximum Gasteiger partial charge on any atom is 0.408 e. The standard InChI is InChI=1S/C16H25NO8/c1-16(2,3)25-15(23)17-11(13(20)21)10(12(18)19)14(22)24-9-7-5-4-6-8-9/h9-11H,4-8H2,1-3H3,(H,17,23)(H,18,19)(H,20,21)/t10?,11-/m0/s1. The Morgan fingerprint density at radius 3 is 2.00 bits per heavy atom. The largest absolute Gasteiger partial charge is 0.481 e. The number of esters is 1. The van der Waals surface area contributed by atoms with Gasteiger partial charge in [-0.05, 0) is 46.5 Å². The van der Waals surface area contributed by atoms with Crippen molar-refractivity contribution in [3.05, 3.63) is 0 Å². The van der Waals surface area contributed by atoms with Crippen molar-refractivity contribution in [3.8, 4) is 0 Å². The van der Waals surface area contributed by atoms with Crippen LogP contribution in [0.2, 0.25) is 0 Å². The van der Waals surface area contributed by atoms with E-state index in [9.17, 15) is 29.4 Å². The predicted molar refractivity (Wildman–Crippen MR) is 84.9 cm³/mol. The lowest BCUT2D eigenvalue weighted by Crippen LogP contribution is -2.53. The molecule has 0 aromatic carbocycles. The van der Waals surface area contributed by atoms with Crippen LogP contribution in [-0.2, 0) is 23.9 Å². The van der Waals surface area contributed by atoms with Gasteiger partial charge in [-0.2, -0.15) is 0 Å². The van der Waals surface area contributed by atoms with E-state index in [1.807, 2.05) is 5.32 Å². The second kappa shape index (κ2) is 8.68. The van der Waals surface area contributed by atoms with Gasteiger partial charge in [-0.3, -0.25) is 9.59 Å². The third kappa shape index (κ3) is 6.98. The minimum atomic E-state index is -2.06. The van der Waals surface area contributed by atoms with Crippen molar-refractivity contribution in [2.45, 2.75) is 70.6 Å². The molecule has 1 aliphatic rings. The normalized spacial score (nSPS) is 17.9. The molecular formula is C16H25NO8. The molecule has 0 radical (unpaired) electrons. The lowest BCUT2D eigenvalue weighted by atomic mass is 9.96. The van der Waals surface area contributed by atoms with E-state index in [1.54, 1.807) is 20.8 Å². The van der Waals surface area contributed by atoms with Crippen molar-refractivity contribution in [1.82, 2.24) is 5.32 Å². The van der Waals surface area contributed by atoms with Crippen molar-refractivity contribution in [1.29, 1.82) is 0 Å². The number of carbonyl (C=O) groups excluding carboxylic acids is 2. The zero-order valence-electron chi connectivity index (χ0n) is 14.6. The van der Waals surface area contributed by atoms with Crippen molar-refractivity contribution < 1.29 is 38.9 Å². The number of alkyl carbamates (subject to hydrolysis) is 1. The van der Waals surface area contributed by atoms with E-state index in [2.05, 4.69) is 0 Å². The van der Waals surface area contributed by atoms with Crippen LogP contribution >= 0.6 is 0 Å². The second-order valence-electron chi connectivity index (χ2n) is 6.97. The average Bonchev–Trinajstić information content (AvgIpc) is 2.45. The number of carboxylic acids is 2. The molecule has 0 spiro atoms. The quantitative estimate of drug-likeness (QED) is 0.479. The Morgan fingerprint density at radius 1 is 1.00 bits per heavy atom. The van der Waals surface area contributed by atoms with E-state index < -0.39 is 47.7 Å². The number of carbonyl (C=O) groups is 4. The summed E-state index contributed by atoms with van der Waals surface area (Å²) in [5, 5.41) is 20.5. The molecule has 1 aliphatic carbocycles. The number of amides is 1. The molecule has 142 valence electrons. The summed E-state index contributed by atoms with van der Waals surface area (Å²) in [6.45, 7) is 4.69. The lowest BCUT2D eigenvalue weighted by Gasteiger charge is -2.26. The van der Waals surface area contributed by atoms with Crippen LogP contribution in [0.15, 0.2) is 0 Å². The Balaban J connectivity index is 2.86. The van der Waals surface area contributed by atoms with Gasteiger partial charge in [-0.15, -0.1) is 0 Å². The molecule has 3 N–H and O–H groups in total. The number of nitrogens with one attached hydrogen (secondary N) is 1. The molecule has 1 rings (SSSR count). The molecule has 9 heteroatoms. The molecule has 1 saturated carbocycles. The van der Waals surface area contributed by atoms with Crippen molar-refractivity contribution in [3.63, 3.8) is 0 Å². The average molecular weight is 359 g/mol. The summed E-state index contributed by atoms with van der Waals surface area (Å²) in [6.07, 6.45) is 2.37. The Labute approximate surface area is 145 Å². The summed E-state index contributed by atoms with van der Waals surface area (Å²) < 4.78 is 10.1. The predicted octanol–water partition coefficient (Wildman–Crippen LogP) is 1.54. The first-order valence-electron chi connectivity index (χ1n) is 8.17. The van der Waals surface area contributed by atoms with Crippen molar-refractivity contribution in [2.75, 3.05) is 0 Å². The minimum absolute atomic E-state index is 0.431. The molecule has 0 aromatic heterocycles. The fraction of sp³-hybridized carbons (Fsp3) is 0.750. The van der Waals surface area contributed by atoms with Crippen LogP contribution in [0.1, 0.15) is 52.9 Å². The van der Waals surface area contributed by atoms with Crippen LogP contribution in [-0.4, -0.2) is 52.0 Å². The van der Waals surface area contributed by atoms with Crippen LogP contribution in [0.25, 0.3) is 0 Å². The zero-order valence-corrected chi connectivity index (χ0v) is 14.6. The second-order valence-corrected chi connectivity index (χ2v) is 6.97. The molecule has 1 unspecified atom stereocenters. The highest BCUT2D eigenvalue weighted by molar-refractivity contribution is 6.00. The smallest absolute Gasteiger partial charge is 0.408 e. The third-order valence-corrected chi connectivity index (χ3v) is 3.63. The van der Waals surface area contributed by atoms with E-state index in [0.717, 1.165) is 19.3 Å². The number of hydrogen-bond acceptors (Lipinski definition) is 6. The van der Waals surface area contributed by atoms with Crippen LogP contribution in [0.3, 0.4) is 0 Å². The molecule has 0 aliphatic heterocycles. The van der Waals surface area contributed by atoms with E-state index >= 15 is 0 Å². The Bertz CT molecular complexity index is 519. The topological polar surface area (TPSA) is 139 Å². The van der Waals surface area contributed by atoms with Crippen LogP contribution < -0.4 is 5.32 Å². The molecule has 0 bridgehead atoms. The number of ether oxygens (including phenoxy) is 2. The van der Waals surface area contributed by atoms with Crippen LogP contribution in [0.5, 0.6) is 0 Å². The van der Waals surface area contributed by atoms with Gasteiger partial charge in [0.05, 0.1) is 0 Å². The molecule has 1 amide bonds. The van der Waals surface area contributed by atoms with Gasteiger partial charge in [0.2, 0.25) is 0 Å². The van der Waals surface area contributed by atoms with Gasteiger partial charge in [0.1, 0.15) is 11.7 Å². The van der Waals surface area contributed by atoms with E-state index in [0.29, 0.717) is 12.8 Å². The highest BCUT2D eigenvalue weighted by atomic mass is 16.6. The molecular weight excluding hydrogens is 334 g/mol. The molecule has 0 heterocycles. The highest BCUT2D eigenvalue weighted by Crippen LogP contribution is 2.22. The van der Waals surface area contributed by atoms with Crippen molar-refractivity contribution in [2.24, 2.45) is 5.92 Å². The van der Waals surface area contributed by atoms with E-state index in [4.69, 9.17) is 9.47 Å². The number of carboxylic acid groups (broad SMARTS) is 2. The van der Waals surface area contributed by atoms with Gasteiger partial charge in [-0.1, -0.05) is 6.42 Å². The van der Waals surface area contributed by atoms with Gasteiger partial charge in [-0.25, -0.2) is 9.59 Å². The van der Waals surface area contributed by atoms with E-state index in [1.165, 1.54) is 0 Å². The first-order valence-corrected chi connectivity index (χ1v) is 8.17. The van der Waals surface area contributed by atoms with Crippen LogP contribution in [0.4, 0.5) is 4.79 Å². The maximum absolute atomic E-state index is 12.2. The van der Waals surface area contributed by atoms with E-state index in [-0.39, 0.29) is 0 Å². The fourth-order valence-corrected chi connectivity index (χ4v) is 2.52. The van der Waals surface area contributed by atoms with Gasteiger partial charge < -0.3 is 25.0 Å². The molecule has 0 aromatic rings. The molecule has 2 atom stereocenters. The van der Waals surface area contributed by atoms with Crippen LogP contribution in [0, 0.1) is 5.92 Å². The molecule has 1 fully saturated rings. The van der Waals surface area contributed by atoms with Crippen molar-refractivity contribution >= 4 is 24.0 Å². The summed E-state index contributed by atoms with van der Waals surface area (Å²) in [4.78, 5) is 46.8. The Hall–Kier alpha value is -2.32. The zero-order chi connectivity index (χ0) is 19.2. The summed E-state index contributed by atoms with van der Waals surface area (Å²) in [7, 11) is 0. The lowest BCUT2D eigenvalue weighted by molar-refractivity contribution is -0.168. The highest BCUT2D eigenvalue weighted by Gasteiger charge is 2.43. The molecule has 9 nitrogen and oxygen atoms in total. The molecule has 25 heavy (non-hydrogen) atoms. The number of rotatable bonds is 6. The Kier molecular flexibility index (Phi) is 7.20. The summed E-state index contributed by atoms with van der Waals surface area (Å²) >= 11 is 0. The maximum atomic E-state index is 12.2. The number of hydrogen-bond donors (Lipinski definition) is 3. The first-order chi connectivity index (χ1) is 11.5. The third-order valence-electron chi connectivity index (χ3n) is 3.63.